The SMILES string of the molecule is N#Cc1ncccc1SC1CCC1. The van der Waals surface area contributed by atoms with Crippen LogP contribution < -0.4 is 0 Å². The lowest BCUT2D eigenvalue weighted by Gasteiger charge is -2.24. The van der Waals surface area contributed by atoms with Gasteiger partial charge in [-0.2, -0.15) is 5.26 Å². The van der Waals surface area contributed by atoms with Gasteiger partial charge in [-0.25, -0.2) is 4.98 Å². The van der Waals surface area contributed by atoms with E-state index in [1.807, 2.05) is 12.1 Å². The zero-order valence-corrected chi connectivity index (χ0v) is 8.05. The molecule has 1 saturated carbocycles. The van der Waals surface area contributed by atoms with Gasteiger partial charge in [0.1, 0.15) is 6.07 Å². The quantitative estimate of drug-likeness (QED) is 0.719. The fraction of sp³-hybridized carbons (Fsp3) is 0.400. The van der Waals surface area contributed by atoms with E-state index in [1.165, 1.54) is 19.3 Å². The summed E-state index contributed by atoms with van der Waals surface area (Å²) in [5, 5.41) is 9.52. The lowest BCUT2D eigenvalue weighted by Crippen LogP contribution is -2.13. The average molecular weight is 190 g/mol. The van der Waals surface area contributed by atoms with Gasteiger partial charge in [0, 0.05) is 16.3 Å². The molecule has 2 nitrogen and oxygen atoms in total. The number of nitrogens with zero attached hydrogens (tertiary/aromatic N) is 2. The molecule has 0 unspecified atom stereocenters. The largest absolute Gasteiger partial charge is 0.244 e. The van der Waals surface area contributed by atoms with Crippen molar-refractivity contribution in [2.24, 2.45) is 0 Å². The zero-order valence-electron chi connectivity index (χ0n) is 7.23. The van der Waals surface area contributed by atoms with Gasteiger partial charge in [0.15, 0.2) is 5.69 Å². The Morgan fingerprint density at radius 2 is 2.38 bits per heavy atom. The lowest BCUT2D eigenvalue weighted by atomic mass is 10.0. The molecule has 0 aromatic carbocycles. The van der Waals surface area contributed by atoms with Crippen LogP contribution in [-0.4, -0.2) is 10.2 Å². The number of rotatable bonds is 2. The predicted octanol–water partition coefficient (Wildman–Crippen LogP) is 2.60. The van der Waals surface area contributed by atoms with Crippen LogP contribution in [0.4, 0.5) is 0 Å². The third-order valence-electron chi connectivity index (χ3n) is 2.22. The minimum atomic E-state index is 0.569. The number of pyridine rings is 1. The lowest BCUT2D eigenvalue weighted by molar-refractivity contribution is 0.522. The van der Waals surface area contributed by atoms with Crippen molar-refractivity contribution in [2.75, 3.05) is 0 Å². The van der Waals surface area contributed by atoms with Gasteiger partial charge in [0.05, 0.1) is 0 Å². The van der Waals surface area contributed by atoms with Crippen molar-refractivity contribution in [3.05, 3.63) is 24.0 Å². The highest BCUT2D eigenvalue weighted by atomic mass is 32.2. The number of hydrogen-bond acceptors (Lipinski definition) is 3. The van der Waals surface area contributed by atoms with Gasteiger partial charge in [-0.05, 0) is 25.0 Å². The summed E-state index contributed by atoms with van der Waals surface area (Å²) in [5.41, 5.74) is 0.569. The van der Waals surface area contributed by atoms with Crippen LogP contribution in [0, 0.1) is 11.3 Å². The van der Waals surface area contributed by atoms with Crippen molar-refractivity contribution in [3.8, 4) is 6.07 Å². The van der Waals surface area contributed by atoms with Crippen molar-refractivity contribution in [1.29, 1.82) is 5.26 Å². The Morgan fingerprint density at radius 3 is 3.00 bits per heavy atom. The van der Waals surface area contributed by atoms with Crippen LogP contribution in [-0.2, 0) is 0 Å². The van der Waals surface area contributed by atoms with E-state index in [-0.39, 0.29) is 0 Å². The molecule has 1 heterocycles. The summed E-state index contributed by atoms with van der Waals surface area (Å²) >= 11 is 1.80. The van der Waals surface area contributed by atoms with Gasteiger partial charge in [-0.3, -0.25) is 0 Å². The van der Waals surface area contributed by atoms with E-state index in [0.717, 1.165) is 10.1 Å². The summed E-state index contributed by atoms with van der Waals surface area (Å²) < 4.78 is 0. The summed E-state index contributed by atoms with van der Waals surface area (Å²) in [5.74, 6) is 0. The minimum Gasteiger partial charge on any atom is -0.244 e. The normalized spacial score (nSPS) is 16.2. The Bertz CT molecular complexity index is 339. The fourth-order valence-corrected chi connectivity index (χ4v) is 2.53. The van der Waals surface area contributed by atoms with E-state index in [9.17, 15) is 0 Å². The molecular weight excluding hydrogens is 180 g/mol. The van der Waals surface area contributed by atoms with Gasteiger partial charge >= 0.3 is 0 Å². The zero-order chi connectivity index (χ0) is 9.10. The first-order valence-corrected chi connectivity index (χ1v) is 5.30. The molecule has 2 rings (SSSR count). The molecule has 1 aromatic heterocycles. The topological polar surface area (TPSA) is 36.7 Å². The van der Waals surface area contributed by atoms with Crippen LogP contribution in [0.1, 0.15) is 25.0 Å². The molecule has 0 saturated heterocycles. The predicted molar refractivity (Wildman–Crippen MR) is 52.4 cm³/mol. The molecule has 0 spiro atoms. The van der Waals surface area contributed by atoms with E-state index < -0.39 is 0 Å². The molecule has 13 heavy (non-hydrogen) atoms. The Morgan fingerprint density at radius 1 is 1.54 bits per heavy atom. The van der Waals surface area contributed by atoms with Gasteiger partial charge in [0.2, 0.25) is 0 Å². The molecule has 3 heteroatoms. The average Bonchev–Trinajstić information content (AvgIpc) is 2.12. The smallest absolute Gasteiger partial charge is 0.153 e. The molecule has 66 valence electrons. The van der Waals surface area contributed by atoms with Crippen LogP contribution in [0.25, 0.3) is 0 Å². The Kier molecular flexibility index (Phi) is 2.51. The highest BCUT2D eigenvalue weighted by molar-refractivity contribution is 8.00. The maximum Gasteiger partial charge on any atom is 0.153 e. The van der Waals surface area contributed by atoms with E-state index in [4.69, 9.17) is 5.26 Å². The molecule has 1 fully saturated rings. The van der Waals surface area contributed by atoms with E-state index in [0.29, 0.717) is 5.69 Å². The highest BCUT2D eigenvalue weighted by Gasteiger charge is 2.19. The van der Waals surface area contributed by atoms with E-state index in [2.05, 4.69) is 11.1 Å². The van der Waals surface area contributed by atoms with Crippen molar-refractivity contribution < 1.29 is 0 Å². The Balaban J connectivity index is 2.14. The second-order valence-corrected chi connectivity index (χ2v) is 4.47. The summed E-state index contributed by atoms with van der Waals surface area (Å²) in [6, 6.07) is 5.99. The third kappa shape index (κ3) is 1.84. The molecule has 0 bridgehead atoms. The van der Waals surface area contributed by atoms with Gasteiger partial charge in [-0.15, -0.1) is 11.8 Å². The third-order valence-corrected chi connectivity index (χ3v) is 3.61. The second-order valence-electron chi connectivity index (χ2n) is 3.13. The fourth-order valence-electron chi connectivity index (χ4n) is 1.24. The summed E-state index contributed by atoms with van der Waals surface area (Å²) in [6.07, 6.45) is 5.57. The molecule has 1 aromatic rings. The van der Waals surface area contributed by atoms with Gasteiger partial charge < -0.3 is 0 Å². The van der Waals surface area contributed by atoms with Crippen molar-refractivity contribution in [3.63, 3.8) is 0 Å². The number of thioether (sulfide) groups is 1. The molecular formula is C10H10N2S. The molecule has 0 atom stereocenters. The van der Waals surface area contributed by atoms with Crippen molar-refractivity contribution in [1.82, 2.24) is 4.98 Å². The van der Waals surface area contributed by atoms with Crippen molar-refractivity contribution in [2.45, 2.75) is 29.4 Å². The monoisotopic (exact) mass is 190 g/mol. The standard InChI is InChI=1S/C10H10N2S/c11-7-9-10(5-2-6-12-9)13-8-3-1-4-8/h2,5-6,8H,1,3-4H2. The van der Waals surface area contributed by atoms with E-state index in [1.54, 1.807) is 18.0 Å². The highest BCUT2D eigenvalue weighted by Crippen LogP contribution is 2.36. The van der Waals surface area contributed by atoms with Crippen LogP contribution in [0.5, 0.6) is 0 Å². The molecule has 1 aliphatic carbocycles. The maximum absolute atomic E-state index is 8.80. The van der Waals surface area contributed by atoms with Gasteiger partial charge in [0.25, 0.3) is 0 Å². The summed E-state index contributed by atoms with van der Waals surface area (Å²) in [6.45, 7) is 0. The van der Waals surface area contributed by atoms with Crippen LogP contribution in [0.2, 0.25) is 0 Å². The molecule has 0 radical (unpaired) electrons. The first kappa shape index (κ1) is 8.58. The molecule has 1 aliphatic rings. The Labute approximate surface area is 82.0 Å². The first-order valence-electron chi connectivity index (χ1n) is 4.42. The first-order chi connectivity index (χ1) is 6.40. The maximum atomic E-state index is 8.80. The van der Waals surface area contributed by atoms with Gasteiger partial charge in [-0.1, -0.05) is 6.42 Å². The molecule has 0 amide bonds. The summed E-state index contributed by atoms with van der Waals surface area (Å²) in [7, 11) is 0. The number of nitriles is 1. The molecule has 0 aliphatic heterocycles. The van der Waals surface area contributed by atoms with Crippen LogP contribution in [0.15, 0.2) is 23.2 Å². The second kappa shape index (κ2) is 3.80. The van der Waals surface area contributed by atoms with Crippen molar-refractivity contribution >= 4 is 11.8 Å². The Hall–Kier alpha value is -1.01. The van der Waals surface area contributed by atoms with E-state index >= 15 is 0 Å². The van der Waals surface area contributed by atoms with Crippen LogP contribution in [0.3, 0.4) is 0 Å². The molecule has 0 N–H and O–H groups in total. The van der Waals surface area contributed by atoms with Crippen LogP contribution >= 0.6 is 11.8 Å². The minimum absolute atomic E-state index is 0.569. The summed E-state index contributed by atoms with van der Waals surface area (Å²) in [4.78, 5) is 5.06. The number of hydrogen-bond donors (Lipinski definition) is 0. The number of aromatic nitrogens is 1.